The summed E-state index contributed by atoms with van der Waals surface area (Å²) >= 11 is 2.47. The van der Waals surface area contributed by atoms with Crippen LogP contribution in [0, 0.1) is 6.92 Å². The number of thiazole rings is 1. The van der Waals surface area contributed by atoms with Crippen molar-refractivity contribution >= 4 is 29.1 Å². The van der Waals surface area contributed by atoms with Crippen molar-refractivity contribution < 1.29 is 20.1 Å². The second-order valence-corrected chi connectivity index (χ2v) is 6.19. The summed E-state index contributed by atoms with van der Waals surface area (Å²) in [5.74, 6) is -0.793. The Bertz CT molecular complexity index is 624. The molecule has 1 heterocycles. The van der Waals surface area contributed by atoms with Crippen molar-refractivity contribution in [3.05, 3.63) is 28.8 Å². The number of hydrogen-bond acceptors (Lipinski definition) is 6. The van der Waals surface area contributed by atoms with Gasteiger partial charge in [0.05, 0.1) is 17.0 Å². The Morgan fingerprint density at radius 3 is 2.84 bits per heavy atom. The summed E-state index contributed by atoms with van der Waals surface area (Å²) < 4.78 is 0.634. The second kappa shape index (κ2) is 5.50. The van der Waals surface area contributed by atoms with Crippen molar-refractivity contribution in [2.75, 3.05) is 0 Å². The van der Waals surface area contributed by atoms with Crippen LogP contribution in [0.25, 0.3) is 0 Å². The van der Waals surface area contributed by atoms with Crippen molar-refractivity contribution in [2.45, 2.75) is 22.6 Å². The molecule has 0 bridgehead atoms. The number of rotatable bonds is 4. The van der Waals surface area contributed by atoms with Gasteiger partial charge in [-0.15, -0.1) is 11.3 Å². The average molecular weight is 297 g/mol. The van der Waals surface area contributed by atoms with E-state index in [4.69, 9.17) is 5.11 Å². The molecule has 0 radical (unpaired) electrons. The minimum absolute atomic E-state index is 0.0513. The topological polar surface area (TPSA) is 90.7 Å². The van der Waals surface area contributed by atoms with Crippen molar-refractivity contribution in [3.63, 3.8) is 0 Å². The van der Waals surface area contributed by atoms with E-state index >= 15 is 0 Å². The Morgan fingerprint density at radius 1 is 1.42 bits per heavy atom. The molecular weight excluding hydrogens is 286 g/mol. The van der Waals surface area contributed by atoms with Gasteiger partial charge in [0.2, 0.25) is 0 Å². The standard InChI is InChI=1S/C12H11NO4S2/c1-6-9(5-11(16)17)18-12(13-6)19-10-4-7(14)2-3-8(10)15/h2-4,14-15H,5H2,1H3,(H,16,17). The summed E-state index contributed by atoms with van der Waals surface area (Å²) in [5.41, 5.74) is 0.676. The molecule has 0 saturated heterocycles. The molecule has 0 aliphatic heterocycles. The molecule has 0 aliphatic carbocycles. The summed E-state index contributed by atoms with van der Waals surface area (Å²) in [4.78, 5) is 16.1. The molecule has 3 N–H and O–H groups in total. The van der Waals surface area contributed by atoms with Crippen LogP contribution in [-0.4, -0.2) is 26.3 Å². The van der Waals surface area contributed by atoms with Gasteiger partial charge in [-0.1, -0.05) is 11.8 Å². The van der Waals surface area contributed by atoms with E-state index in [0.717, 1.165) is 0 Å². The third kappa shape index (κ3) is 3.39. The lowest BCUT2D eigenvalue weighted by atomic mass is 10.3. The Labute approximate surface area is 117 Å². The SMILES string of the molecule is Cc1nc(Sc2cc(O)ccc2O)sc1CC(=O)O. The fraction of sp³-hybridized carbons (Fsp3) is 0.167. The third-order valence-corrected chi connectivity index (χ3v) is 4.59. The van der Waals surface area contributed by atoms with E-state index in [1.54, 1.807) is 6.92 Å². The summed E-state index contributed by atoms with van der Waals surface area (Å²) in [6, 6.07) is 4.23. The van der Waals surface area contributed by atoms with Crippen molar-refractivity contribution in [1.82, 2.24) is 4.98 Å². The van der Waals surface area contributed by atoms with E-state index in [1.165, 1.54) is 41.3 Å². The van der Waals surface area contributed by atoms with Gasteiger partial charge in [0.25, 0.3) is 0 Å². The first-order valence-electron chi connectivity index (χ1n) is 5.33. The molecule has 0 fully saturated rings. The number of phenols is 2. The smallest absolute Gasteiger partial charge is 0.308 e. The van der Waals surface area contributed by atoms with E-state index in [0.29, 0.717) is 19.8 Å². The van der Waals surface area contributed by atoms with Gasteiger partial charge < -0.3 is 15.3 Å². The van der Waals surface area contributed by atoms with Gasteiger partial charge in [-0.3, -0.25) is 4.79 Å². The van der Waals surface area contributed by atoms with E-state index < -0.39 is 5.97 Å². The number of aliphatic carboxylic acids is 1. The minimum Gasteiger partial charge on any atom is -0.508 e. The maximum absolute atomic E-state index is 10.7. The molecule has 1 aromatic heterocycles. The lowest BCUT2D eigenvalue weighted by Gasteiger charge is -2.01. The number of nitrogens with zero attached hydrogens (tertiary/aromatic N) is 1. The quantitative estimate of drug-likeness (QED) is 0.752. The largest absolute Gasteiger partial charge is 0.508 e. The van der Waals surface area contributed by atoms with Crippen LogP contribution >= 0.6 is 23.1 Å². The fourth-order valence-corrected chi connectivity index (χ4v) is 3.67. The molecule has 0 atom stereocenters. The van der Waals surface area contributed by atoms with Crippen molar-refractivity contribution in [2.24, 2.45) is 0 Å². The van der Waals surface area contributed by atoms with E-state index in [9.17, 15) is 15.0 Å². The van der Waals surface area contributed by atoms with Gasteiger partial charge in [0, 0.05) is 4.88 Å². The predicted octanol–water partition coefficient (Wildman–Crippen LogP) is 2.64. The molecule has 0 amide bonds. The first kappa shape index (κ1) is 13.7. The molecular formula is C12H11NO4S2. The van der Waals surface area contributed by atoms with Crippen LogP contribution in [0.3, 0.4) is 0 Å². The van der Waals surface area contributed by atoms with Gasteiger partial charge >= 0.3 is 5.97 Å². The Hall–Kier alpha value is -1.73. The predicted molar refractivity (Wildman–Crippen MR) is 72.1 cm³/mol. The number of carbonyl (C=O) groups is 1. The van der Waals surface area contributed by atoms with Crippen LogP contribution < -0.4 is 0 Å². The number of hydrogen-bond donors (Lipinski definition) is 3. The summed E-state index contributed by atoms with van der Waals surface area (Å²) in [6.45, 7) is 1.75. The fourth-order valence-electron chi connectivity index (χ4n) is 1.42. The number of aromatic hydroxyl groups is 2. The van der Waals surface area contributed by atoms with Gasteiger partial charge in [0.1, 0.15) is 11.5 Å². The van der Waals surface area contributed by atoms with E-state index in [-0.39, 0.29) is 17.9 Å². The summed E-state index contributed by atoms with van der Waals surface area (Å²) in [7, 11) is 0. The third-order valence-electron chi connectivity index (χ3n) is 2.33. The normalized spacial score (nSPS) is 10.6. The maximum atomic E-state index is 10.7. The lowest BCUT2D eigenvalue weighted by molar-refractivity contribution is -0.136. The molecule has 0 aliphatic rings. The highest BCUT2D eigenvalue weighted by Crippen LogP contribution is 2.39. The number of carboxylic acid groups (broad SMARTS) is 1. The molecule has 7 heteroatoms. The van der Waals surface area contributed by atoms with Crippen LogP contribution in [-0.2, 0) is 11.2 Å². The summed E-state index contributed by atoms with van der Waals surface area (Å²) in [5, 5.41) is 27.8. The van der Waals surface area contributed by atoms with Gasteiger partial charge in [-0.25, -0.2) is 4.98 Å². The average Bonchev–Trinajstić information content (AvgIpc) is 2.64. The van der Waals surface area contributed by atoms with Crippen LogP contribution in [0.1, 0.15) is 10.6 Å². The molecule has 1 aromatic carbocycles. The van der Waals surface area contributed by atoms with Crippen LogP contribution in [0.4, 0.5) is 0 Å². The molecule has 2 aromatic rings. The van der Waals surface area contributed by atoms with Gasteiger partial charge in [-0.2, -0.15) is 0 Å². The van der Waals surface area contributed by atoms with Crippen molar-refractivity contribution in [1.29, 1.82) is 0 Å². The monoisotopic (exact) mass is 297 g/mol. The van der Waals surface area contributed by atoms with Gasteiger partial charge in [0.15, 0.2) is 4.34 Å². The molecule has 100 valence electrons. The minimum atomic E-state index is -0.900. The Balaban J connectivity index is 2.24. The van der Waals surface area contributed by atoms with Crippen LogP contribution in [0.5, 0.6) is 11.5 Å². The van der Waals surface area contributed by atoms with Gasteiger partial charge in [-0.05, 0) is 25.1 Å². The zero-order valence-electron chi connectivity index (χ0n) is 9.95. The highest BCUT2D eigenvalue weighted by atomic mass is 32.2. The summed E-state index contributed by atoms with van der Waals surface area (Å²) in [6.07, 6.45) is -0.0594. The highest BCUT2D eigenvalue weighted by molar-refractivity contribution is 8.01. The zero-order chi connectivity index (χ0) is 14.0. The Kier molecular flexibility index (Phi) is 3.96. The molecule has 0 spiro atoms. The maximum Gasteiger partial charge on any atom is 0.308 e. The first-order valence-corrected chi connectivity index (χ1v) is 6.97. The number of aromatic nitrogens is 1. The van der Waals surface area contributed by atoms with Crippen LogP contribution in [0.2, 0.25) is 0 Å². The molecule has 5 nitrogen and oxygen atoms in total. The van der Waals surface area contributed by atoms with E-state index in [2.05, 4.69) is 4.98 Å². The van der Waals surface area contributed by atoms with Crippen LogP contribution in [0.15, 0.2) is 27.4 Å². The molecule has 0 unspecified atom stereocenters. The zero-order valence-corrected chi connectivity index (χ0v) is 11.6. The Morgan fingerprint density at radius 2 is 2.16 bits per heavy atom. The number of aryl methyl sites for hydroxylation is 1. The number of phenolic OH excluding ortho intramolecular Hbond substituents is 2. The van der Waals surface area contributed by atoms with E-state index in [1.807, 2.05) is 0 Å². The highest BCUT2D eigenvalue weighted by Gasteiger charge is 2.13. The number of carboxylic acids is 1. The number of benzene rings is 1. The lowest BCUT2D eigenvalue weighted by Crippen LogP contribution is -1.99. The molecule has 0 saturated carbocycles. The molecule has 2 rings (SSSR count). The first-order chi connectivity index (χ1) is 8.95. The molecule has 19 heavy (non-hydrogen) atoms. The van der Waals surface area contributed by atoms with Crippen molar-refractivity contribution in [3.8, 4) is 11.5 Å². The second-order valence-electron chi connectivity index (χ2n) is 3.81.